The van der Waals surface area contributed by atoms with Crippen LogP contribution in [0, 0.1) is 24.7 Å². The molecule has 0 radical (unpaired) electrons. The van der Waals surface area contributed by atoms with Crippen molar-refractivity contribution >= 4 is 5.91 Å². The minimum absolute atomic E-state index is 0.0204. The Kier molecular flexibility index (Phi) is 4.78. The second-order valence-corrected chi connectivity index (χ2v) is 5.08. The van der Waals surface area contributed by atoms with Gasteiger partial charge in [-0.15, -0.1) is 0 Å². The Morgan fingerprint density at radius 2 is 2.25 bits per heavy atom. The molecule has 1 fully saturated rings. The number of aliphatic hydroxyl groups excluding tert-OH is 2. The first-order chi connectivity index (χ1) is 9.65. The summed E-state index contributed by atoms with van der Waals surface area (Å²) in [6.07, 6.45) is 0.852. The molecule has 4 nitrogen and oxygen atoms in total. The van der Waals surface area contributed by atoms with E-state index < -0.39 is 0 Å². The van der Waals surface area contributed by atoms with Gasteiger partial charge in [-0.25, -0.2) is 0 Å². The monoisotopic (exact) mass is 273 g/mol. The van der Waals surface area contributed by atoms with Gasteiger partial charge in [-0.05, 0) is 31.0 Å². The maximum Gasteiger partial charge on any atom is 0.253 e. The highest BCUT2D eigenvalue weighted by Gasteiger charge is 2.26. The van der Waals surface area contributed by atoms with Crippen LogP contribution in [0.5, 0.6) is 0 Å². The van der Waals surface area contributed by atoms with Gasteiger partial charge >= 0.3 is 0 Å². The van der Waals surface area contributed by atoms with Crippen LogP contribution in [0.4, 0.5) is 0 Å². The van der Waals surface area contributed by atoms with Gasteiger partial charge in [0.25, 0.3) is 5.91 Å². The average molecular weight is 273 g/mol. The second-order valence-electron chi connectivity index (χ2n) is 5.08. The molecule has 0 bridgehead atoms. The fourth-order valence-corrected chi connectivity index (χ4v) is 2.37. The van der Waals surface area contributed by atoms with Crippen molar-refractivity contribution in [3.05, 3.63) is 34.9 Å². The summed E-state index contributed by atoms with van der Waals surface area (Å²) in [5, 5.41) is 17.9. The molecule has 1 aromatic rings. The van der Waals surface area contributed by atoms with Crippen molar-refractivity contribution in [3.63, 3.8) is 0 Å². The predicted octanol–water partition coefficient (Wildman–Crippen LogP) is 0.793. The van der Waals surface area contributed by atoms with Crippen molar-refractivity contribution in [1.29, 1.82) is 0 Å². The summed E-state index contributed by atoms with van der Waals surface area (Å²) in [5.74, 6) is 5.63. The first kappa shape index (κ1) is 14.6. The molecule has 1 aromatic carbocycles. The van der Waals surface area contributed by atoms with Gasteiger partial charge in [0, 0.05) is 36.7 Å². The van der Waals surface area contributed by atoms with Crippen molar-refractivity contribution in [2.24, 2.45) is 5.92 Å². The smallest absolute Gasteiger partial charge is 0.253 e. The Morgan fingerprint density at radius 3 is 2.90 bits per heavy atom. The average Bonchev–Trinajstić information content (AvgIpc) is 2.94. The predicted molar refractivity (Wildman–Crippen MR) is 76.2 cm³/mol. The van der Waals surface area contributed by atoms with Crippen molar-refractivity contribution in [2.45, 2.75) is 13.3 Å². The molecule has 106 valence electrons. The van der Waals surface area contributed by atoms with Gasteiger partial charge in [0.2, 0.25) is 0 Å². The van der Waals surface area contributed by atoms with Crippen LogP contribution in [-0.4, -0.2) is 47.3 Å². The number of carbonyl (C=O) groups excluding carboxylic acids is 1. The number of hydrogen-bond donors (Lipinski definition) is 2. The van der Waals surface area contributed by atoms with Crippen molar-refractivity contribution < 1.29 is 15.0 Å². The molecule has 2 N–H and O–H groups in total. The summed E-state index contributed by atoms with van der Waals surface area (Å²) in [6.45, 7) is 3.16. The zero-order valence-corrected chi connectivity index (χ0v) is 11.6. The van der Waals surface area contributed by atoms with Gasteiger partial charge in [0.15, 0.2) is 0 Å². The van der Waals surface area contributed by atoms with Crippen LogP contribution in [-0.2, 0) is 0 Å². The summed E-state index contributed by atoms with van der Waals surface area (Å²) < 4.78 is 0. The van der Waals surface area contributed by atoms with Crippen molar-refractivity contribution in [1.82, 2.24) is 4.90 Å². The first-order valence-electron chi connectivity index (χ1n) is 6.76. The van der Waals surface area contributed by atoms with E-state index in [-0.39, 0.29) is 25.0 Å². The summed E-state index contributed by atoms with van der Waals surface area (Å²) in [7, 11) is 0. The van der Waals surface area contributed by atoms with Crippen LogP contribution in [0.3, 0.4) is 0 Å². The number of carbonyl (C=O) groups is 1. The van der Waals surface area contributed by atoms with Gasteiger partial charge in [0.05, 0.1) is 0 Å². The molecule has 0 aliphatic carbocycles. The third-order valence-electron chi connectivity index (χ3n) is 3.62. The quantitative estimate of drug-likeness (QED) is 0.783. The molecule has 1 aliphatic rings. The lowest BCUT2D eigenvalue weighted by atomic mass is 10.0. The van der Waals surface area contributed by atoms with Crippen LogP contribution in [0.25, 0.3) is 0 Å². The molecule has 1 amide bonds. The number of amides is 1. The maximum absolute atomic E-state index is 12.4. The Morgan fingerprint density at radius 1 is 1.45 bits per heavy atom. The standard InChI is InChI=1S/C16H19NO3/c1-12-4-5-15(9-14(12)3-2-8-18)16(20)17-7-6-13(10-17)11-19/h4-5,9,13,18-19H,6-8,10-11H2,1H3. The SMILES string of the molecule is Cc1ccc(C(=O)N2CCC(CO)C2)cc1C#CCO. The lowest BCUT2D eigenvalue weighted by molar-refractivity contribution is 0.0782. The maximum atomic E-state index is 12.4. The van der Waals surface area contributed by atoms with E-state index in [1.165, 1.54) is 0 Å². The zero-order chi connectivity index (χ0) is 14.5. The largest absolute Gasteiger partial charge is 0.396 e. The molecule has 1 aliphatic heterocycles. The Balaban J connectivity index is 2.18. The first-order valence-corrected chi connectivity index (χ1v) is 6.76. The van der Waals surface area contributed by atoms with Gasteiger partial charge < -0.3 is 15.1 Å². The highest BCUT2D eigenvalue weighted by molar-refractivity contribution is 5.94. The molecule has 0 aromatic heterocycles. The summed E-state index contributed by atoms with van der Waals surface area (Å²) >= 11 is 0. The van der Waals surface area contributed by atoms with Crippen LogP contribution in [0.2, 0.25) is 0 Å². The van der Waals surface area contributed by atoms with E-state index in [0.29, 0.717) is 18.7 Å². The van der Waals surface area contributed by atoms with Gasteiger partial charge in [-0.2, -0.15) is 0 Å². The molecular weight excluding hydrogens is 254 g/mol. The molecule has 4 heteroatoms. The van der Waals surface area contributed by atoms with Crippen LogP contribution < -0.4 is 0 Å². The lowest BCUT2D eigenvalue weighted by Gasteiger charge is -2.16. The van der Waals surface area contributed by atoms with Gasteiger partial charge in [-0.1, -0.05) is 17.9 Å². The third kappa shape index (κ3) is 3.19. The van der Waals surface area contributed by atoms with Gasteiger partial charge in [-0.3, -0.25) is 4.79 Å². The Bertz CT molecular complexity index is 557. The van der Waals surface area contributed by atoms with E-state index in [9.17, 15) is 4.79 Å². The lowest BCUT2D eigenvalue weighted by Crippen LogP contribution is -2.29. The molecule has 1 heterocycles. The molecule has 2 rings (SSSR count). The minimum atomic E-state index is -0.193. The highest BCUT2D eigenvalue weighted by atomic mass is 16.3. The number of likely N-dealkylation sites (tertiary alicyclic amines) is 1. The summed E-state index contributed by atoms with van der Waals surface area (Å²) in [5.41, 5.74) is 2.36. The van der Waals surface area contributed by atoms with E-state index in [4.69, 9.17) is 10.2 Å². The topological polar surface area (TPSA) is 60.8 Å². The van der Waals surface area contributed by atoms with E-state index >= 15 is 0 Å². The van der Waals surface area contributed by atoms with Crippen molar-refractivity contribution in [2.75, 3.05) is 26.3 Å². The minimum Gasteiger partial charge on any atom is -0.396 e. The highest BCUT2D eigenvalue weighted by Crippen LogP contribution is 2.19. The number of aliphatic hydroxyl groups is 2. The van der Waals surface area contributed by atoms with Gasteiger partial charge in [0.1, 0.15) is 6.61 Å². The molecule has 1 saturated heterocycles. The Labute approximate surface area is 119 Å². The molecule has 0 saturated carbocycles. The zero-order valence-electron chi connectivity index (χ0n) is 11.6. The molecule has 1 unspecified atom stereocenters. The van der Waals surface area contributed by atoms with E-state index in [1.807, 2.05) is 13.0 Å². The molecule has 20 heavy (non-hydrogen) atoms. The van der Waals surface area contributed by atoms with Crippen LogP contribution in [0.15, 0.2) is 18.2 Å². The number of nitrogens with zero attached hydrogens (tertiary/aromatic N) is 1. The van der Waals surface area contributed by atoms with E-state index in [1.54, 1.807) is 17.0 Å². The number of hydrogen-bond acceptors (Lipinski definition) is 3. The fraction of sp³-hybridized carbons (Fsp3) is 0.438. The normalized spacial score (nSPS) is 17.8. The van der Waals surface area contributed by atoms with Crippen LogP contribution in [0.1, 0.15) is 27.9 Å². The molecule has 0 spiro atoms. The van der Waals surface area contributed by atoms with Crippen molar-refractivity contribution in [3.8, 4) is 11.8 Å². The van der Waals surface area contributed by atoms with E-state index in [2.05, 4.69) is 11.8 Å². The van der Waals surface area contributed by atoms with E-state index in [0.717, 1.165) is 17.5 Å². The fourth-order valence-electron chi connectivity index (χ4n) is 2.37. The molecule has 1 atom stereocenters. The Hall–Kier alpha value is -1.83. The summed E-state index contributed by atoms with van der Waals surface area (Å²) in [4.78, 5) is 14.2. The second kappa shape index (κ2) is 6.56. The number of aryl methyl sites for hydroxylation is 1. The third-order valence-corrected chi connectivity index (χ3v) is 3.62. The van der Waals surface area contributed by atoms with Crippen LogP contribution >= 0.6 is 0 Å². The summed E-state index contributed by atoms with van der Waals surface area (Å²) in [6, 6.07) is 5.44. The number of benzene rings is 1. The molecular formula is C16H19NO3. The number of rotatable bonds is 2.